The molecule has 0 radical (unpaired) electrons. The standard InChI is InChI=1S/C10H12N2O4S2/c1-2-3-12-9(16)6(18-10(12)17)4-7(13)11-5-8(14)15/h2,6H,1,3-5H2,(H,11,13)(H,14,15). The molecule has 1 heterocycles. The number of hydrogen-bond donors (Lipinski definition) is 2. The fraction of sp³-hybridized carbons (Fsp3) is 0.400. The highest BCUT2D eigenvalue weighted by atomic mass is 32.2. The molecule has 1 rings (SSSR count). The summed E-state index contributed by atoms with van der Waals surface area (Å²) < 4.78 is 0.413. The number of thioether (sulfide) groups is 1. The van der Waals surface area contributed by atoms with Gasteiger partial charge in [0, 0.05) is 13.0 Å². The second-order valence-electron chi connectivity index (χ2n) is 3.48. The highest BCUT2D eigenvalue weighted by Gasteiger charge is 2.37. The first-order chi connectivity index (χ1) is 8.45. The van der Waals surface area contributed by atoms with Crippen LogP contribution in [0, 0.1) is 0 Å². The van der Waals surface area contributed by atoms with Crippen LogP contribution in [0.5, 0.6) is 0 Å². The van der Waals surface area contributed by atoms with E-state index in [1.165, 1.54) is 4.90 Å². The minimum Gasteiger partial charge on any atom is -0.480 e. The summed E-state index contributed by atoms with van der Waals surface area (Å²) in [6, 6.07) is 0. The van der Waals surface area contributed by atoms with Gasteiger partial charge in [-0.2, -0.15) is 0 Å². The van der Waals surface area contributed by atoms with Crippen molar-refractivity contribution in [1.82, 2.24) is 10.2 Å². The molecule has 0 aromatic heterocycles. The molecule has 1 unspecified atom stereocenters. The summed E-state index contributed by atoms with van der Waals surface area (Å²) in [6.07, 6.45) is 1.47. The Hall–Kier alpha value is -1.41. The fourth-order valence-corrected chi connectivity index (χ4v) is 2.85. The summed E-state index contributed by atoms with van der Waals surface area (Å²) >= 11 is 6.15. The van der Waals surface area contributed by atoms with Gasteiger partial charge in [0.25, 0.3) is 0 Å². The first kappa shape index (κ1) is 14.7. The number of thiocarbonyl (C=S) groups is 1. The second kappa shape index (κ2) is 6.50. The molecule has 0 spiro atoms. The molecule has 98 valence electrons. The molecule has 1 aliphatic heterocycles. The van der Waals surface area contributed by atoms with Gasteiger partial charge in [0.2, 0.25) is 11.8 Å². The first-order valence-electron chi connectivity index (χ1n) is 5.07. The number of amides is 2. The quantitative estimate of drug-likeness (QED) is 0.528. The molecule has 0 aromatic carbocycles. The predicted octanol–water partition coefficient (Wildman–Crippen LogP) is -0.00780. The maximum atomic E-state index is 11.9. The lowest BCUT2D eigenvalue weighted by Crippen LogP contribution is -2.35. The van der Waals surface area contributed by atoms with Crippen LogP contribution in [0.3, 0.4) is 0 Å². The monoisotopic (exact) mass is 288 g/mol. The Kier molecular flexibility index (Phi) is 5.29. The van der Waals surface area contributed by atoms with Gasteiger partial charge in [-0.05, 0) is 0 Å². The van der Waals surface area contributed by atoms with Gasteiger partial charge in [-0.3, -0.25) is 19.3 Å². The average Bonchev–Trinajstić information content (AvgIpc) is 2.55. The van der Waals surface area contributed by atoms with Gasteiger partial charge >= 0.3 is 5.97 Å². The van der Waals surface area contributed by atoms with Crippen molar-refractivity contribution in [2.45, 2.75) is 11.7 Å². The van der Waals surface area contributed by atoms with Crippen molar-refractivity contribution in [3.63, 3.8) is 0 Å². The zero-order valence-corrected chi connectivity index (χ0v) is 11.1. The van der Waals surface area contributed by atoms with Crippen LogP contribution in [0.4, 0.5) is 0 Å². The first-order valence-corrected chi connectivity index (χ1v) is 6.36. The van der Waals surface area contributed by atoms with E-state index in [1.807, 2.05) is 0 Å². The predicted molar refractivity (Wildman–Crippen MR) is 71.1 cm³/mol. The van der Waals surface area contributed by atoms with Crippen molar-refractivity contribution in [3.05, 3.63) is 12.7 Å². The molecule has 8 heteroatoms. The summed E-state index contributed by atoms with van der Waals surface area (Å²) in [7, 11) is 0. The number of carbonyl (C=O) groups excluding carboxylic acids is 2. The third-order valence-corrected chi connectivity index (χ3v) is 3.71. The smallest absolute Gasteiger partial charge is 0.322 e. The topological polar surface area (TPSA) is 86.7 Å². The highest BCUT2D eigenvalue weighted by molar-refractivity contribution is 8.24. The minimum atomic E-state index is -1.13. The van der Waals surface area contributed by atoms with Crippen molar-refractivity contribution in [2.24, 2.45) is 0 Å². The Bertz CT molecular complexity index is 411. The van der Waals surface area contributed by atoms with Crippen molar-refractivity contribution in [3.8, 4) is 0 Å². The Labute approximate surface area is 113 Å². The van der Waals surface area contributed by atoms with E-state index in [-0.39, 0.29) is 12.3 Å². The molecule has 18 heavy (non-hydrogen) atoms. The SMILES string of the molecule is C=CCN1C(=O)C(CC(=O)NCC(=O)O)SC1=S. The lowest BCUT2D eigenvalue weighted by Gasteiger charge is -2.12. The molecule has 0 bridgehead atoms. The van der Waals surface area contributed by atoms with Crippen LogP contribution in [-0.4, -0.2) is 50.5 Å². The number of carbonyl (C=O) groups is 3. The Morgan fingerprint density at radius 1 is 1.61 bits per heavy atom. The lowest BCUT2D eigenvalue weighted by molar-refractivity contribution is -0.138. The van der Waals surface area contributed by atoms with Crippen LogP contribution in [0.15, 0.2) is 12.7 Å². The lowest BCUT2D eigenvalue weighted by atomic mass is 10.2. The van der Waals surface area contributed by atoms with Crippen molar-refractivity contribution < 1.29 is 19.5 Å². The number of carboxylic acid groups (broad SMARTS) is 1. The number of rotatable bonds is 6. The zero-order chi connectivity index (χ0) is 13.7. The van der Waals surface area contributed by atoms with Crippen molar-refractivity contribution in [2.75, 3.05) is 13.1 Å². The Balaban J connectivity index is 2.51. The van der Waals surface area contributed by atoms with E-state index in [4.69, 9.17) is 17.3 Å². The average molecular weight is 288 g/mol. The van der Waals surface area contributed by atoms with Gasteiger partial charge < -0.3 is 10.4 Å². The van der Waals surface area contributed by atoms with E-state index in [2.05, 4.69) is 11.9 Å². The van der Waals surface area contributed by atoms with E-state index in [0.717, 1.165) is 11.8 Å². The molecule has 1 atom stereocenters. The van der Waals surface area contributed by atoms with E-state index in [1.54, 1.807) is 6.08 Å². The van der Waals surface area contributed by atoms with Crippen molar-refractivity contribution in [1.29, 1.82) is 0 Å². The molecular formula is C10H12N2O4S2. The van der Waals surface area contributed by atoms with E-state index >= 15 is 0 Å². The molecule has 1 aliphatic rings. The van der Waals surface area contributed by atoms with Gasteiger partial charge in [-0.15, -0.1) is 6.58 Å². The summed E-state index contributed by atoms with van der Waals surface area (Å²) in [5.74, 6) is -1.85. The summed E-state index contributed by atoms with van der Waals surface area (Å²) in [6.45, 7) is 3.38. The Morgan fingerprint density at radius 3 is 2.83 bits per heavy atom. The largest absolute Gasteiger partial charge is 0.480 e. The van der Waals surface area contributed by atoms with Crippen molar-refractivity contribution >= 4 is 46.1 Å². The van der Waals surface area contributed by atoms with Crippen LogP contribution in [0.25, 0.3) is 0 Å². The molecule has 6 nitrogen and oxygen atoms in total. The highest BCUT2D eigenvalue weighted by Crippen LogP contribution is 2.29. The van der Waals surface area contributed by atoms with Gasteiger partial charge in [0.1, 0.15) is 10.9 Å². The molecular weight excluding hydrogens is 276 g/mol. The van der Waals surface area contributed by atoms with Crippen LogP contribution in [0.2, 0.25) is 0 Å². The molecule has 2 amide bonds. The third-order valence-electron chi connectivity index (χ3n) is 2.12. The number of nitrogens with zero attached hydrogens (tertiary/aromatic N) is 1. The van der Waals surface area contributed by atoms with E-state index in [9.17, 15) is 14.4 Å². The second-order valence-corrected chi connectivity index (χ2v) is 5.32. The van der Waals surface area contributed by atoms with Crippen LogP contribution in [-0.2, 0) is 14.4 Å². The van der Waals surface area contributed by atoms with Gasteiger partial charge in [-0.25, -0.2) is 0 Å². The maximum Gasteiger partial charge on any atom is 0.322 e. The molecule has 0 saturated carbocycles. The van der Waals surface area contributed by atoms with Crippen LogP contribution >= 0.6 is 24.0 Å². The fourth-order valence-electron chi connectivity index (χ4n) is 1.34. The molecule has 0 aromatic rings. The summed E-state index contributed by atoms with van der Waals surface area (Å²) in [5.41, 5.74) is 0. The number of nitrogens with one attached hydrogen (secondary N) is 1. The third kappa shape index (κ3) is 3.81. The molecule has 1 fully saturated rings. The zero-order valence-electron chi connectivity index (χ0n) is 9.42. The minimum absolute atomic E-state index is 0.0788. The normalized spacial score (nSPS) is 18.9. The number of aliphatic carboxylic acids is 1. The Morgan fingerprint density at radius 2 is 2.28 bits per heavy atom. The van der Waals surface area contributed by atoms with E-state index in [0.29, 0.717) is 10.9 Å². The van der Waals surface area contributed by atoms with Gasteiger partial charge in [-0.1, -0.05) is 30.1 Å². The number of carboxylic acids is 1. The molecule has 1 saturated heterocycles. The summed E-state index contributed by atoms with van der Waals surface area (Å²) in [5, 5.41) is 10.0. The number of hydrogen-bond acceptors (Lipinski definition) is 5. The molecule has 2 N–H and O–H groups in total. The van der Waals surface area contributed by atoms with E-state index < -0.39 is 23.7 Å². The maximum absolute atomic E-state index is 11.9. The van der Waals surface area contributed by atoms with Gasteiger partial charge in [0.05, 0.1) is 5.25 Å². The molecule has 0 aliphatic carbocycles. The van der Waals surface area contributed by atoms with Crippen LogP contribution < -0.4 is 5.32 Å². The van der Waals surface area contributed by atoms with Gasteiger partial charge in [0.15, 0.2) is 0 Å². The summed E-state index contributed by atoms with van der Waals surface area (Å²) in [4.78, 5) is 34.9. The van der Waals surface area contributed by atoms with Crippen LogP contribution in [0.1, 0.15) is 6.42 Å².